The maximum atomic E-state index is 12.5. The Labute approximate surface area is 178 Å². The maximum absolute atomic E-state index is 12.5. The molecule has 5 nitrogen and oxygen atoms in total. The molecule has 3 aromatic rings. The van der Waals surface area contributed by atoms with E-state index >= 15 is 0 Å². The van der Waals surface area contributed by atoms with Crippen LogP contribution in [0.15, 0.2) is 83.9 Å². The summed E-state index contributed by atoms with van der Waals surface area (Å²) in [4.78, 5) is 17.7. The number of halogens is 1. The maximum Gasteiger partial charge on any atom is 0.321 e. The Morgan fingerprint density at radius 2 is 1.66 bits per heavy atom. The van der Waals surface area contributed by atoms with Gasteiger partial charge in [-0.2, -0.15) is 0 Å². The number of fused-ring (bicyclic) bond motifs is 1. The minimum Gasteiger partial charge on any atom is -0.346 e. The number of hydrogen-bond acceptors (Lipinski definition) is 3. The normalized spacial score (nSPS) is 15.4. The van der Waals surface area contributed by atoms with Gasteiger partial charge in [0.25, 0.3) is 0 Å². The van der Waals surface area contributed by atoms with Crippen LogP contribution >= 0.6 is 23.8 Å². The van der Waals surface area contributed by atoms with Crippen LogP contribution < -0.4 is 16.0 Å². The number of amides is 2. The van der Waals surface area contributed by atoms with Gasteiger partial charge >= 0.3 is 6.03 Å². The molecule has 3 N–H and O–H groups in total. The van der Waals surface area contributed by atoms with Gasteiger partial charge < -0.3 is 16.0 Å². The Kier molecular flexibility index (Phi) is 5.55. The van der Waals surface area contributed by atoms with Gasteiger partial charge in [0.05, 0.1) is 5.71 Å². The predicted octanol–water partition coefficient (Wildman–Crippen LogP) is 5.08. The first-order chi connectivity index (χ1) is 14.1. The van der Waals surface area contributed by atoms with E-state index < -0.39 is 12.2 Å². The number of benzodiazepines with no additional fused rings is 1. The summed E-state index contributed by atoms with van der Waals surface area (Å²) in [5, 5.41) is 9.40. The summed E-state index contributed by atoms with van der Waals surface area (Å²) in [6, 6.07) is 24.1. The van der Waals surface area contributed by atoms with Crippen molar-refractivity contribution < 1.29 is 4.79 Å². The van der Waals surface area contributed by atoms with Crippen molar-refractivity contribution in [2.45, 2.75) is 6.17 Å². The number of anilines is 2. The second-order valence-electron chi connectivity index (χ2n) is 6.39. The molecule has 0 aromatic heterocycles. The van der Waals surface area contributed by atoms with E-state index in [4.69, 9.17) is 28.8 Å². The van der Waals surface area contributed by atoms with Crippen molar-refractivity contribution in [3.63, 3.8) is 0 Å². The van der Waals surface area contributed by atoms with Crippen molar-refractivity contribution in [1.82, 2.24) is 5.32 Å². The standard InChI is InChI=1S/C22H17ClN4OS/c23-15-10-12-16(13-11-15)24-22(28)27-20-21(29)25-18-9-5-4-8-17(18)19(26-20)14-6-2-1-3-7-14/h1-13,20H,(H,25,29)(H2,24,27,28). The number of thiocarbonyl (C=S) groups is 1. The fourth-order valence-corrected chi connectivity index (χ4v) is 3.35. The molecule has 1 atom stereocenters. The number of aliphatic imine (C=N–C) groups is 1. The molecular weight excluding hydrogens is 404 g/mol. The number of carbonyl (C=O) groups excluding carboxylic acids is 1. The second kappa shape index (κ2) is 8.43. The molecule has 0 saturated carbocycles. The van der Waals surface area contributed by atoms with Gasteiger partial charge in [0, 0.05) is 27.5 Å². The zero-order valence-corrected chi connectivity index (χ0v) is 16.8. The van der Waals surface area contributed by atoms with Gasteiger partial charge in [-0.3, -0.25) is 4.99 Å². The fourth-order valence-electron chi connectivity index (χ4n) is 3.01. The Morgan fingerprint density at radius 3 is 2.41 bits per heavy atom. The van der Waals surface area contributed by atoms with Gasteiger partial charge in [-0.15, -0.1) is 0 Å². The van der Waals surface area contributed by atoms with E-state index in [0.717, 1.165) is 22.5 Å². The van der Waals surface area contributed by atoms with Crippen LogP contribution in [0.2, 0.25) is 5.02 Å². The van der Waals surface area contributed by atoms with Crippen LogP contribution in [0, 0.1) is 0 Å². The van der Waals surface area contributed by atoms with Gasteiger partial charge in [-0.25, -0.2) is 4.79 Å². The third-order valence-electron chi connectivity index (χ3n) is 4.36. The second-order valence-corrected chi connectivity index (χ2v) is 7.26. The van der Waals surface area contributed by atoms with Crippen LogP contribution in [-0.4, -0.2) is 22.9 Å². The van der Waals surface area contributed by atoms with Gasteiger partial charge in [-0.1, -0.05) is 72.3 Å². The van der Waals surface area contributed by atoms with Crippen LogP contribution in [0.4, 0.5) is 16.2 Å². The molecule has 7 heteroatoms. The smallest absolute Gasteiger partial charge is 0.321 e. The molecule has 1 aliphatic heterocycles. The monoisotopic (exact) mass is 420 g/mol. The highest BCUT2D eigenvalue weighted by Gasteiger charge is 2.24. The van der Waals surface area contributed by atoms with Crippen molar-refractivity contribution in [3.8, 4) is 0 Å². The number of benzene rings is 3. The lowest BCUT2D eigenvalue weighted by Gasteiger charge is -2.16. The molecule has 3 aromatic carbocycles. The largest absolute Gasteiger partial charge is 0.346 e. The molecule has 1 heterocycles. The quantitative estimate of drug-likeness (QED) is 0.518. The average molecular weight is 421 g/mol. The highest BCUT2D eigenvalue weighted by molar-refractivity contribution is 7.80. The van der Waals surface area contributed by atoms with Crippen molar-refractivity contribution >= 4 is 51.9 Å². The number of urea groups is 1. The van der Waals surface area contributed by atoms with Crippen LogP contribution in [0.5, 0.6) is 0 Å². The minimum absolute atomic E-state index is 0.412. The zero-order chi connectivity index (χ0) is 20.2. The Bertz CT molecular complexity index is 1080. The fraction of sp³-hybridized carbons (Fsp3) is 0.0455. The van der Waals surface area contributed by atoms with Gasteiger partial charge in [0.1, 0.15) is 4.99 Å². The average Bonchev–Trinajstić information content (AvgIpc) is 2.87. The van der Waals surface area contributed by atoms with Gasteiger partial charge in [0.15, 0.2) is 6.17 Å². The van der Waals surface area contributed by atoms with E-state index in [-0.39, 0.29) is 0 Å². The van der Waals surface area contributed by atoms with Crippen LogP contribution in [0.1, 0.15) is 11.1 Å². The summed E-state index contributed by atoms with van der Waals surface area (Å²) in [5.74, 6) is 0. The predicted molar refractivity (Wildman–Crippen MR) is 122 cm³/mol. The van der Waals surface area contributed by atoms with Gasteiger partial charge in [0.2, 0.25) is 0 Å². The van der Waals surface area contributed by atoms with Crippen LogP contribution in [0.25, 0.3) is 0 Å². The van der Waals surface area contributed by atoms with E-state index in [9.17, 15) is 4.79 Å². The lowest BCUT2D eigenvalue weighted by Crippen LogP contribution is -2.43. The molecule has 29 heavy (non-hydrogen) atoms. The molecule has 4 rings (SSSR count). The van der Waals surface area contributed by atoms with E-state index in [1.165, 1.54) is 0 Å². The Hall–Kier alpha value is -3.22. The highest BCUT2D eigenvalue weighted by atomic mass is 35.5. The molecule has 0 aliphatic carbocycles. The molecule has 1 unspecified atom stereocenters. The summed E-state index contributed by atoms with van der Waals surface area (Å²) in [7, 11) is 0. The van der Waals surface area contributed by atoms with E-state index in [1.807, 2.05) is 54.6 Å². The number of hydrogen-bond donors (Lipinski definition) is 3. The molecule has 0 bridgehead atoms. The van der Waals surface area contributed by atoms with Crippen molar-refractivity contribution in [1.29, 1.82) is 0 Å². The van der Waals surface area contributed by atoms with E-state index in [2.05, 4.69) is 16.0 Å². The van der Waals surface area contributed by atoms with E-state index in [1.54, 1.807) is 24.3 Å². The first-order valence-electron chi connectivity index (χ1n) is 8.97. The lowest BCUT2D eigenvalue weighted by molar-refractivity contribution is 0.251. The Balaban J connectivity index is 1.63. The third kappa shape index (κ3) is 4.45. The van der Waals surface area contributed by atoms with Crippen molar-refractivity contribution in [2.24, 2.45) is 4.99 Å². The molecule has 0 fully saturated rings. The van der Waals surface area contributed by atoms with Crippen molar-refractivity contribution in [3.05, 3.63) is 95.0 Å². The molecule has 0 radical (unpaired) electrons. The van der Waals surface area contributed by atoms with Crippen LogP contribution in [-0.2, 0) is 0 Å². The first-order valence-corrected chi connectivity index (χ1v) is 9.75. The highest BCUT2D eigenvalue weighted by Crippen LogP contribution is 2.24. The number of carbonyl (C=O) groups is 1. The number of rotatable bonds is 3. The summed E-state index contributed by atoms with van der Waals surface area (Å²) in [5.41, 5.74) is 4.09. The van der Waals surface area contributed by atoms with Crippen LogP contribution in [0.3, 0.4) is 0 Å². The van der Waals surface area contributed by atoms with Crippen molar-refractivity contribution in [2.75, 3.05) is 10.6 Å². The minimum atomic E-state index is -0.722. The number of nitrogens with one attached hydrogen (secondary N) is 3. The molecule has 0 saturated heterocycles. The lowest BCUT2D eigenvalue weighted by atomic mass is 10.0. The number of para-hydroxylation sites is 1. The summed E-state index contributed by atoms with van der Waals surface area (Å²) < 4.78 is 0. The third-order valence-corrected chi connectivity index (χ3v) is 4.94. The molecule has 2 amide bonds. The first kappa shape index (κ1) is 19.1. The van der Waals surface area contributed by atoms with Gasteiger partial charge in [-0.05, 0) is 30.3 Å². The summed E-state index contributed by atoms with van der Waals surface area (Å²) in [6.07, 6.45) is -0.722. The van der Waals surface area contributed by atoms with E-state index in [0.29, 0.717) is 15.7 Å². The topological polar surface area (TPSA) is 65.5 Å². The Morgan fingerprint density at radius 1 is 0.966 bits per heavy atom. The molecule has 144 valence electrons. The molecule has 1 aliphatic rings. The molecular formula is C22H17ClN4OS. The summed E-state index contributed by atoms with van der Waals surface area (Å²) in [6.45, 7) is 0. The summed E-state index contributed by atoms with van der Waals surface area (Å²) >= 11 is 11.4. The SMILES string of the molecule is O=C(Nc1ccc(Cl)cc1)NC1N=C(c2ccccc2)c2ccccc2NC1=S. The number of nitrogens with zero attached hydrogens (tertiary/aromatic N) is 1. The molecule has 0 spiro atoms. The zero-order valence-electron chi connectivity index (χ0n) is 15.2.